The van der Waals surface area contributed by atoms with Crippen molar-refractivity contribution in [3.8, 4) is 0 Å². The largest absolute Gasteiger partial charge is 0.416 e. The van der Waals surface area contributed by atoms with E-state index in [1.165, 1.54) is 12.1 Å². The van der Waals surface area contributed by atoms with E-state index in [0.717, 1.165) is 49.9 Å². The number of hydrogen-bond donors (Lipinski definition) is 1. The highest BCUT2D eigenvalue weighted by atomic mass is 19.4. The van der Waals surface area contributed by atoms with Crippen molar-refractivity contribution in [1.29, 1.82) is 0 Å². The number of amides is 1. The summed E-state index contributed by atoms with van der Waals surface area (Å²) in [7, 11) is 0. The quantitative estimate of drug-likeness (QED) is 0.287. The highest BCUT2D eigenvalue weighted by Gasteiger charge is 2.41. The third-order valence-corrected chi connectivity index (χ3v) is 8.91. The molecule has 3 aromatic rings. The number of halogens is 7. The molecule has 1 N–H and O–H groups in total. The van der Waals surface area contributed by atoms with E-state index in [9.17, 15) is 35.5 Å². The van der Waals surface area contributed by atoms with Gasteiger partial charge in [-0.15, -0.1) is 0 Å². The van der Waals surface area contributed by atoms with Crippen molar-refractivity contribution in [2.24, 2.45) is 0 Å². The minimum atomic E-state index is -4.98. The van der Waals surface area contributed by atoms with E-state index in [-0.39, 0.29) is 17.4 Å². The topological polar surface area (TPSA) is 32.3 Å². The summed E-state index contributed by atoms with van der Waals surface area (Å²) in [6.07, 6.45) is -5.94. The summed E-state index contributed by atoms with van der Waals surface area (Å²) in [6, 6.07) is 17.6. The molecule has 0 aromatic heterocycles. The number of alkyl halides is 6. The molecule has 2 fully saturated rings. The zero-order chi connectivity index (χ0) is 30.8. The Labute approximate surface area is 246 Å². The van der Waals surface area contributed by atoms with Crippen LogP contribution >= 0.6 is 0 Å². The molecule has 3 aromatic carbocycles. The number of carbonyl (C=O) groups is 1. The number of rotatable bonds is 6. The first-order chi connectivity index (χ1) is 20.3. The Balaban J connectivity index is 1.27. The Morgan fingerprint density at radius 3 is 1.88 bits per heavy atom. The predicted octanol–water partition coefficient (Wildman–Crippen LogP) is 8.24. The Hall–Kier alpha value is -3.40. The fourth-order valence-corrected chi connectivity index (χ4v) is 6.65. The first kappa shape index (κ1) is 31.0. The van der Waals surface area contributed by atoms with Crippen LogP contribution in [-0.2, 0) is 29.1 Å². The lowest BCUT2D eigenvalue weighted by Crippen LogP contribution is -2.52. The van der Waals surface area contributed by atoms with Crippen molar-refractivity contribution in [3.05, 3.63) is 106 Å². The number of nitrogens with one attached hydrogen (secondary N) is 1. The van der Waals surface area contributed by atoms with Crippen LogP contribution < -0.4 is 5.32 Å². The Bertz CT molecular complexity index is 1360. The van der Waals surface area contributed by atoms with Gasteiger partial charge >= 0.3 is 12.4 Å². The van der Waals surface area contributed by atoms with Crippen LogP contribution in [0.3, 0.4) is 0 Å². The van der Waals surface area contributed by atoms with Gasteiger partial charge in [-0.2, -0.15) is 26.3 Å². The lowest BCUT2D eigenvalue weighted by Gasteiger charge is -2.46. The number of nitrogens with zero attached hydrogens (tertiary/aromatic N) is 1. The van der Waals surface area contributed by atoms with Gasteiger partial charge in [-0.05, 0) is 105 Å². The molecule has 1 saturated carbocycles. The Kier molecular flexibility index (Phi) is 8.88. The molecule has 230 valence electrons. The van der Waals surface area contributed by atoms with Crippen LogP contribution in [-0.4, -0.2) is 29.9 Å². The van der Waals surface area contributed by atoms with Gasteiger partial charge in [-0.1, -0.05) is 42.5 Å². The van der Waals surface area contributed by atoms with Crippen LogP contribution in [0.4, 0.5) is 30.7 Å². The predicted molar refractivity (Wildman–Crippen MR) is 149 cm³/mol. The summed E-state index contributed by atoms with van der Waals surface area (Å²) in [5.41, 5.74) is -2.01. The maximum absolute atomic E-state index is 13.4. The molecular formula is C33H33F7N2O. The smallest absolute Gasteiger partial charge is 0.346 e. The van der Waals surface area contributed by atoms with Gasteiger partial charge in [0.05, 0.1) is 23.1 Å². The standard InChI is InChI=1S/C33H33F7N2O/c34-28-8-6-23(7-9-28)24-12-16-42(17-13-24)29-10-14-31(15-11-29,25-4-2-1-3-5-25)41-30(43)20-22-18-26(32(35,36)37)21-27(19-22)33(38,39)40/h1-9,18-19,21,24,29H,10-17,20H2,(H,41,43)/t29-,31-. The molecule has 0 spiro atoms. The summed E-state index contributed by atoms with van der Waals surface area (Å²) in [5, 5.41) is 3.02. The highest BCUT2D eigenvalue weighted by molar-refractivity contribution is 5.79. The van der Waals surface area contributed by atoms with Crippen molar-refractivity contribution >= 4 is 5.91 Å². The fraction of sp³-hybridized carbons (Fsp3) is 0.424. The molecule has 0 bridgehead atoms. The second-order valence-corrected chi connectivity index (χ2v) is 11.7. The Morgan fingerprint density at radius 1 is 0.791 bits per heavy atom. The summed E-state index contributed by atoms with van der Waals surface area (Å²) in [4.78, 5) is 15.7. The average molecular weight is 607 g/mol. The molecule has 10 heteroatoms. The van der Waals surface area contributed by atoms with Gasteiger partial charge in [0.15, 0.2) is 0 Å². The summed E-state index contributed by atoms with van der Waals surface area (Å²) < 4.78 is 93.5. The van der Waals surface area contributed by atoms with Gasteiger partial charge in [0, 0.05) is 6.04 Å². The van der Waals surface area contributed by atoms with E-state index < -0.39 is 41.3 Å². The minimum absolute atomic E-state index is 0.0661. The van der Waals surface area contributed by atoms with E-state index in [2.05, 4.69) is 10.2 Å². The van der Waals surface area contributed by atoms with Crippen LogP contribution in [0.1, 0.15) is 72.3 Å². The number of piperidine rings is 1. The van der Waals surface area contributed by atoms with E-state index in [1.54, 1.807) is 0 Å². The fourth-order valence-electron chi connectivity index (χ4n) is 6.65. The second-order valence-electron chi connectivity index (χ2n) is 11.7. The van der Waals surface area contributed by atoms with E-state index in [0.29, 0.717) is 36.9 Å². The zero-order valence-electron chi connectivity index (χ0n) is 23.4. The van der Waals surface area contributed by atoms with E-state index >= 15 is 0 Å². The molecule has 1 amide bonds. The second kappa shape index (κ2) is 12.3. The van der Waals surface area contributed by atoms with Gasteiger partial charge in [0.2, 0.25) is 5.91 Å². The van der Waals surface area contributed by atoms with Crippen molar-refractivity contribution in [2.45, 2.75) is 74.8 Å². The number of likely N-dealkylation sites (tertiary alicyclic amines) is 1. The maximum atomic E-state index is 13.4. The van der Waals surface area contributed by atoms with Gasteiger partial charge in [0.25, 0.3) is 0 Å². The molecule has 5 rings (SSSR count). The van der Waals surface area contributed by atoms with Crippen molar-refractivity contribution in [2.75, 3.05) is 13.1 Å². The van der Waals surface area contributed by atoms with Gasteiger partial charge in [0.1, 0.15) is 5.82 Å². The molecule has 1 saturated heterocycles. The molecule has 2 aliphatic rings. The van der Waals surface area contributed by atoms with Crippen LogP contribution in [0.2, 0.25) is 0 Å². The normalized spacial score (nSPS) is 22.3. The molecule has 1 aliphatic heterocycles. The average Bonchev–Trinajstić information content (AvgIpc) is 2.97. The summed E-state index contributed by atoms with van der Waals surface area (Å²) in [5.74, 6) is -0.509. The van der Waals surface area contributed by atoms with Crippen molar-refractivity contribution in [3.63, 3.8) is 0 Å². The molecule has 3 nitrogen and oxygen atoms in total. The lowest BCUT2D eigenvalue weighted by molar-refractivity contribution is -0.143. The van der Waals surface area contributed by atoms with E-state index in [1.807, 2.05) is 42.5 Å². The number of benzene rings is 3. The Morgan fingerprint density at radius 2 is 1.35 bits per heavy atom. The molecule has 43 heavy (non-hydrogen) atoms. The van der Waals surface area contributed by atoms with Gasteiger partial charge in [-0.3, -0.25) is 4.79 Å². The molecule has 1 heterocycles. The number of carbonyl (C=O) groups excluding carboxylic acids is 1. The molecular weight excluding hydrogens is 573 g/mol. The van der Waals surface area contributed by atoms with Crippen LogP contribution in [0, 0.1) is 5.82 Å². The van der Waals surface area contributed by atoms with Gasteiger partial charge < -0.3 is 10.2 Å². The highest BCUT2D eigenvalue weighted by Crippen LogP contribution is 2.41. The molecule has 0 atom stereocenters. The maximum Gasteiger partial charge on any atom is 0.416 e. The molecule has 1 aliphatic carbocycles. The van der Waals surface area contributed by atoms with E-state index in [4.69, 9.17) is 0 Å². The third kappa shape index (κ3) is 7.40. The third-order valence-electron chi connectivity index (χ3n) is 8.91. The number of hydrogen-bond acceptors (Lipinski definition) is 2. The summed E-state index contributed by atoms with van der Waals surface area (Å²) in [6.45, 7) is 1.79. The van der Waals surface area contributed by atoms with Crippen molar-refractivity contribution < 1.29 is 35.5 Å². The van der Waals surface area contributed by atoms with Crippen molar-refractivity contribution in [1.82, 2.24) is 10.2 Å². The SMILES string of the molecule is O=C(Cc1cc(C(F)(F)F)cc(C(F)(F)F)c1)N[C@]1(c2ccccc2)CC[C@@H](N2CCC(c3ccc(F)cc3)CC2)CC1. The molecule has 0 unspecified atom stereocenters. The van der Waals surface area contributed by atoms with Gasteiger partial charge in [-0.25, -0.2) is 4.39 Å². The zero-order valence-corrected chi connectivity index (χ0v) is 23.4. The first-order valence-corrected chi connectivity index (χ1v) is 14.5. The van der Waals surface area contributed by atoms with Crippen LogP contribution in [0.15, 0.2) is 72.8 Å². The van der Waals surface area contributed by atoms with Crippen LogP contribution in [0.25, 0.3) is 0 Å². The molecule has 0 radical (unpaired) electrons. The minimum Gasteiger partial charge on any atom is -0.346 e. The lowest BCUT2D eigenvalue weighted by atomic mass is 9.74. The first-order valence-electron chi connectivity index (χ1n) is 14.5. The summed E-state index contributed by atoms with van der Waals surface area (Å²) >= 11 is 0. The van der Waals surface area contributed by atoms with Crippen LogP contribution in [0.5, 0.6) is 0 Å². The monoisotopic (exact) mass is 606 g/mol.